The summed E-state index contributed by atoms with van der Waals surface area (Å²) in [5.74, 6) is 1.24. The van der Waals surface area contributed by atoms with Crippen molar-refractivity contribution >= 4 is 5.97 Å². The number of carbonyl (C=O) groups excluding carboxylic acids is 1. The number of carbonyl (C=O) groups is 1. The molecular weight excluding hydrogens is 464 g/mol. The number of esters is 1. The fourth-order valence-corrected chi connectivity index (χ4v) is 3.13. The molecule has 8 heteroatoms. The van der Waals surface area contributed by atoms with E-state index in [0.717, 1.165) is 11.1 Å². The van der Waals surface area contributed by atoms with E-state index in [1.807, 2.05) is 78.9 Å². The lowest BCUT2D eigenvalue weighted by molar-refractivity contribution is -0.150. The lowest BCUT2D eigenvalue weighted by Crippen LogP contribution is -2.15. The maximum absolute atomic E-state index is 11.3. The van der Waals surface area contributed by atoms with Crippen molar-refractivity contribution in [2.24, 2.45) is 0 Å². The molecule has 0 amide bonds. The summed E-state index contributed by atoms with van der Waals surface area (Å²) in [5, 5.41) is 8.80. The molecule has 0 radical (unpaired) electrons. The van der Waals surface area contributed by atoms with Crippen LogP contribution in [0.15, 0.2) is 78.9 Å². The Hall–Kier alpha value is -3.59. The van der Waals surface area contributed by atoms with Gasteiger partial charge in [-0.25, -0.2) is 4.79 Å². The fraction of sp³-hybridized carbons (Fsp3) is 0.321. The van der Waals surface area contributed by atoms with Crippen molar-refractivity contribution in [2.45, 2.75) is 6.10 Å². The highest BCUT2D eigenvalue weighted by molar-refractivity contribution is 5.71. The van der Waals surface area contributed by atoms with E-state index in [1.54, 1.807) is 21.3 Å². The largest absolute Gasteiger partial charge is 0.493 e. The van der Waals surface area contributed by atoms with E-state index < -0.39 is 18.7 Å². The molecule has 0 heterocycles. The molecule has 0 saturated heterocycles. The second kappa shape index (κ2) is 16.9. The van der Waals surface area contributed by atoms with Gasteiger partial charge in [0.15, 0.2) is 17.6 Å². The molecule has 0 aliphatic heterocycles. The molecule has 0 aliphatic carbocycles. The van der Waals surface area contributed by atoms with Gasteiger partial charge in [0.05, 0.1) is 20.3 Å². The molecule has 0 saturated carbocycles. The lowest BCUT2D eigenvalue weighted by Gasteiger charge is -2.18. The van der Waals surface area contributed by atoms with E-state index in [9.17, 15) is 4.79 Å². The average Bonchev–Trinajstić information content (AvgIpc) is 2.93. The highest BCUT2D eigenvalue weighted by atomic mass is 16.6. The fourth-order valence-electron chi connectivity index (χ4n) is 3.13. The first-order valence-electron chi connectivity index (χ1n) is 11.4. The third-order valence-electron chi connectivity index (χ3n) is 4.82. The number of aliphatic hydroxyl groups excluding tert-OH is 1. The molecule has 8 nitrogen and oxygen atoms in total. The van der Waals surface area contributed by atoms with Crippen LogP contribution in [-0.2, 0) is 19.0 Å². The molecule has 0 spiro atoms. The highest BCUT2D eigenvalue weighted by Crippen LogP contribution is 2.37. The number of methoxy groups -OCH3 is 3. The van der Waals surface area contributed by atoms with Crippen LogP contribution in [0.4, 0.5) is 0 Å². The smallest absolute Gasteiger partial charge is 0.332 e. The monoisotopic (exact) mass is 498 g/mol. The van der Waals surface area contributed by atoms with E-state index >= 15 is 0 Å². The molecule has 3 rings (SSSR count). The van der Waals surface area contributed by atoms with Gasteiger partial charge in [0, 0.05) is 14.2 Å². The molecule has 0 aromatic heterocycles. The number of ether oxygens (including phenoxy) is 6. The second-order valence-corrected chi connectivity index (χ2v) is 7.32. The van der Waals surface area contributed by atoms with Crippen LogP contribution >= 0.6 is 0 Å². The SMILES string of the molecule is COCCOc1cccc(OC)c1OCCOC.O=C(CO)OC(c1ccccc1)c1ccccc1. The van der Waals surface area contributed by atoms with Gasteiger partial charge in [-0.3, -0.25) is 0 Å². The molecular formula is C28H34O8. The van der Waals surface area contributed by atoms with Crippen LogP contribution in [0.5, 0.6) is 17.2 Å². The van der Waals surface area contributed by atoms with Crippen LogP contribution in [0.2, 0.25) is 0 Å². The Labute approximate surface area is 212 Å². The lowest BCUT2D eigenvalue weighted by atomic mass is 10.0. The summed E-state index contributed by atoms with van der Waals surface area (Å²) in [6.45, 7) is 1.32. The zero-order valence-electron chi connectivity index (χ0n) is 20.9. The zero-order valence-corrected chi connectivity index (χ0v) is 20.9. The van der Waals surface area contributed by atoms with Crippen LogP contribution in [0.3, 0.4) is 0 Å². The molecule has 1 N–H and O–H groups in total. The summed E-state index contributed by atoms with van der Waals surface area (Å²) in [4.78, 5) is 11.3. The minimum Gasteiger partial charge on any atom is -0.493 e. The molecule has 0 aliphatic rings. The highest BCUT2D eigenvalue weighted by Gasteiger charge is 2.18. The van der Waals surface area contributed by atoms with Crippen LogP contribution < -0.4 is 14.2 Å². The van der Waals surface area contributed by atoms with E-state index in [0.29, 0.717) is 43.7 Å². The quantitative estimate of drug-likeness (QED) is 0.279. The van der Waals surface area contributed by atoms with Crippen LogP contribution in [0.25, 0.3) is 0 Å². The molecule has 0 bridgehead atoms. The first-order valence-corrected chi connectivity index (χ1v) is 11.4. The number of para-hydroxylation sites is 1. The molecule has 3 aromatic rings. The minimum atomic E-state index is -0.632. The maximum atomic E-state index is 11.3. The summed E-state index contributed by atoms with van der Waals surface area (Å²) >= 11 is 0. The van der Waals surface area contributed by atoms with Gasteiger partial charge in [-0.05, 0) is 23.3 Å². The Kier molecular flexibility index (Phi) is 13.5. The Morgan fingerprint density at radius 1 is 0.694 bits per heavy atom. The molecule has 194 valence electrons. The third-order valence-corrected chi connectivity index (χ3v) is 4.82. The van der Waals surface area contributed by atoms with Gasteiger partial charge < -0.3 is 33.5 Å². The van der Waals surface area contributed by atoms with Gasteiger partial charge in [-0.1, -0.05) is 66.7 Å². The van der Waals surface area contributed by atoms with E-state index in [-0.39, 0.29) is 0 Å². The first kappa shape index (κ1) is 28.6. The molecule has 0 fully saturated rings. The normalized spacial score (nSPS) is 10.2. The van der Waals surface area contributed by atoms with Crippen LogP contribution in [0.1, 0.15) is 17.2 Å². The molecule has 0 unspecified atom stereocenters. The van der Waals surface area contributed by atoms with Gasteiger partial charge in [0.25, 0.3) is 0 Å². The first-order chi connectivity index (χ1) is 17.6. The second-order valence-electron chi connectivity index (χ2n) is 7.32. The number of rotatable bonds is 13. The molecule has 36 heavy (non-hydrogen) atoms. The van der Waals surface area contributed by atoms with E-state index in [2.05, 4.69) is 0 Å². The Morgan fingerprint density at radius 2 is 1.22 bits per heavy atom. The summed E-state index contributed by atoms with van der Waals surface area (Å²) in [7, 11) is 4.85. The zero-order chi connectivity index (χ0) is 26.0. The predicted molar refractivity (Wildman–Crippen MR) is 136 cm³/mol. The molecule has 0 atom stereocenters. The summed E-state index contributed by atoms with van der Waals surface area (Å²) in [6.07, 6.45) is -0.480. The predicted octanol–water partition coefficient (Wildman–Crippen LogP) is 4.06. The summed E-state index contributed by atoms with van der Waals surface area (Å²) in [5.41, 5.74) is 1.76. The van der Waals surface area contributed by atoms with E-state index in [4.69, 9.17) is 33.5 Å². The number of hydrogen-bond acceptors (Lipinski definition) is 8. The van der Waals surface area contributed by atoms with Gasteiger partial charge in [-0.15, -0.1) is 0 Å². The number of aliphatic hydroxyl groups is 1. The average molecular weight is 499 g/mol. The third kappa shape index (κ3) is 9.58. The summed E-state index contributed by atoms with van der Waals surface area (Å²) in [6, 6.07) is 24.4. The Bertz CT molecular complexity index is 955. The van der Waals surface area contributed by atoms with Crippen LogP contribution in [-0.4, -0.2) is 65.4 Å². The van der Waals surface area contributed by atoms with Crippen molar-refractivity contribution in [1.29, 1.82) is 0 Å². The van der Waals surface area contributed by atoms with Gasteiger partial charge in [0.1, 0.15) is 19.8 Å². The van der Waals surface area contributed by atoms with Crippen molar-refractivity contribution in [3.8, 4) is 17.2 Å². The minimum absolute atomic E-state index is 0.442. The van der Waals surface area contributed by atoms with Gasteiger partial charge in [-0.2, -0.15) is 0 Å². The van der Waals surface area contributed by atoms with E-state index in [1.165, 1.54) is 0 Å². The van der Waals surface area contributed by atoms with Gasteiger partial charge in [0.2, 0.25) is 5.75 Å². The molecule has 3 aromatic carbocycles. The van der Waals surface area contributed by atoms with Crippen molar-refractivity contribution in [3.05, 3.63) is 90.0 Å². The maximum Gasteiger partial charge on any atom is 0.332 e. The van der Waals surface area contributed by atoms with Crippen LogP contribution in [0, 0.1) is 0 Å². The Balaban J connectivity index is 0.000000254. The van der Waals surface area contributed by atoms with Crippen molar-refractivity contribution in [1.82, 2.24) is 0 Å². The van der Waals surface area contributed by atoms with Gasteiger partial charge >= 0.3 is 5.97 Å². The van der Waals surface area contributed by atoms with Crippen molar-refractivity contribution in [3.63, 3.8) is 0 Å². The topological polar surface area (TPSA) is 92.7 Å². The number of benzene rings is 3. The standard InChI is InChI=1S/C15H14O3.C13H20O5/c16-11-14(17)18-15(12-7-3-1-4-8-12)13-9-5-2-6-10-13;1-14-7-9-17-12-6-4-5-11(16-3)13(12)18-10-8-15-2/h1-10,15-16H,11H2;4-6H,7-10H2,1-3H3. The summed E-state index contributed by atoms with van der Waals surface area (Å²) < 4.78 is 31.6. The van der Waals surface area contributed by atoms with Crippen molar-refractivity contribution in [2.75, 3.05) is 54.4 Å². The van der Waals surface area contributed by atoms with Crippen molar-refractivity contribution < 1.29 is 38.3 Å². The Morgan fingerprint density at radius 3 is 1.72 bits per heavy atom. The number of hydrogen-bond donors (Lipinski definition) is 1.